The molecule has 7 heteroatoms. The lowest BCUT2D eigenvalue weighted by Crippen LogP contribution is -2.35. The maximum atomic E-state index is 12.1. The second-order valence-electron chi connectivity index (χ2n) is 5.57. The molecule has 2 rings (SSSR count). The minimum atomic E-state index is -0.576. The molecule has 1 heterocycles. The lowest BCUT2D eigenvalue weighted by Gasteiger charge is -2.25. The van der Waals surface area contributed by atoms with Gasteiger partial charge in [0, 0.05) is 23.2 Å². The van der Waals surface area contributed by atoms with Gasteiger partial charge in [0.05, 0.1) is 10.6 Å². The van der Waals surface area contributed by atoms with E-state index in [1.54, 1.807) is 20.8 Å². The van der Waals surface area contributed by atoms with E-state index < -0.39 is 16.6 Å². The largest absolute Gasteiger partial charge is 0.443 e. The second kappa shape index (κ2) is 5.05. The van der Waals surface area contributed by atoms with Gasteiger partial charge in [-0.2, -0.15) is 0 Å². The average Bonchev–Trinajstić information content (AvgIpc) is 2.70. The fourth-order valence-electron chi connectivity index (χ4n) is 2.08. The Morgan fingerprint density at radius 2 is 2.10 bits per heavy atom. The Bertz CT molecular complexity index is 580. The van der Waals surface area contributed by atoms with E-state index in [1.807, 2.05) is 0 Å². The number of carbonyl (C=O) groups excluding carboxylic acids is 1. The van der Waals surface area contributed by atoms with Crippen molar-refractivity contribution in [2.75, 3.05) is 11.4 Å². The minimum Gasteiger partial charge on any atom is -0.443 e. The van der Waals surface area contributed by atoms with Crippen molar-refractivity contribution in [3.8, 4) is 0 Å². The molecule has 0 aliphatic carbocycles. The summed E-state index contributed by atoms with van der Waals surface area (Å²) in [5.74, 6) is 0. The molecule has 0 radical (unpaired) electrons. The molecule has 1 amide bonds. The molecule has 1 aliphatic rings. The van der Waals surface area contributed by atoms with Crippen molar-refractivity contribution in [3.05, 3.63) is 32.3 Å². The predicted octanol–water partition coefficient (Wildman–Crippen LogP) is 3.65. The predicted molar refractivity (Wildman–Crippen MR) is 78.1 cm³/mol. The molecule has 0 bridgehead atoms. The summed E-state index contributed by atoms with van der Waals surface area (Å²) >= 11 is 3.30. The van der Waals surface area contributed by atoms with Crippen LogP contribution in [0.15, 0.2) is 16.6 Å². The van der Waals surface area contributed by atoms with Gasteiger partial charge >= 0.3 is 6.09 Å². The smallest absolute Gasteiger partial charge is 0.414 e. The maximum absolute atomic E-state index is 12.1. The van der Waals surface area contributed by atoms with Crippen molar-refractivity contribution in [3.63, 3.8) is 0 Å². The summed E-state index contributed by atoms with van der Waals surface area (Å²) in [7, 11) is 0. The highest BCUT2D eigenvalue weighted by molar-refractivity contribution is 9.10. The second-order valence-corrected chi connectivity index (χ2v) is 6.43. The van der Waals surface area contributed by atoms with Crippen LogP contribution in [0.2, 0.25) is 0 Å². The van der Waals surface area contributed by atoms with Crippen molar-refractivity contribution in [2.45, 2.75) is 32.8 Å². The molecule has 1 aromatic rings. The first-order valence-corrected chi connectivity index (χ1v) is 6.95. The monoisotopic (exact) mass is 342 g/mol. The van der Waals surface area contributed by atoms with Gasteiger partial charge in [-0.15, -0.1) is 0 Å². The maximum Gasteiger partial charge on any atom is 0.414 e. The van der Waals surface area contributed by atoms with Crippen LogP contribution in [-0.4, -0.2) is 23.2 Å². The summed E-state index contributed by atoms with van der Waals surface area (Å²) in [5, 5.41) is 10.8. The number of nitro benzene ring substituents is 1. The Hall–Kier alpha value is -1.63. The van der Waals surface area contributed by atoms with Crippen molar-refractivity contribution < 1.29 is 14.5 Å². The number of ether oxygens (including phenoxy) is 1. The summed E-state index contributed by atoms with van der Waals surface area (Å²) in [6.45, 7) is 5.86. The number of carbonyl (C=O) groups is 1. The normalized spacial score (nSPS) is 14.1. The van der Waals surface area contributed by atoms with E-state index in [9.17, 15) is 14.9 Å². The number of nitrogens with zero attached hydrogens (tertiary/aromatic N) is 2. The lowest BCUT2D eigenvalue weighted by molar-refractivity contribution is -0.385. The molecule has 0 unspecified atom stereocenters. The van der Waals surface area contributed by atoms with Crippen molar-refractivity contribution >= 4 is 33.4 Å². The summed E-state index contributed by atoms with van der Waals surface area (Å²) in [6, 6.07) is 2.91. The molecule has 1 aromatic carbocycles. The van der Waals surface area contributed by atoms with Crippen LogP contribution in [0.25, 0.3) is 0 Å². The van der Waals surface area contributed by atoms with Gasteiger partial charge in [0.2, 0.25) is 0 Å². The van der Waals surface area contributed by atoms with E-state index in [0.717, 1.165) is 5.56 Å². The highest BCUT2D eigenvalue weighted by atomic mass is 79.9. The van der Waals surface area contributed by atoms with E-state index >= 15 is 0 Å². The zero-order valence-electron chi connectivity index (χ0n) is 11.5. The molecule has 0 aromatic heterocycles. The molecule has 1 aliphatic heterocycles. The summed E-state index contributed by atoms with van der Waals surface area (Å²) in [6.07, 6.45) is 0.139. The number of amides is 1. The van der Waals surface area contributed by atoms with Gasteiger partial charge in [-0.3, -0.25) is 15.0 Å². The summed E-state index contributed by atoms with van der Waals surface area (Å²) in [4.78, 5) is 24.0. The number of fused-ring (bicyclic) bond motifs is 1. The number of hydrogen-bond donors (Lipinski definition) is 0. The zero-order valence-corrected chi connectivity index (χ0v) is 13.1. The number of non-ortho nitro benzene ring substituents is 1. The van der Waals surface area contributed by atoms with Crippen LogP contribution in [0.5, 0.6) is 0 Å². The van der Waals surface area contributed by atoms with Gasteiger partial charge in [-0.1, -0.05) is 0 Å². The third-order valence-electron chi connectivity index (χ3n) is 2.83. The Morgan fingerprint density at radius 3 is 2.65 bits per heavy atom. The van der Waals surface area contributed by atoms with Crippen LogP contribution < -0.4 is 4.90 Å². The molecule has 0 atom stereocenters. The Kier molecular flexibility index (Phi) is 3.73. The summed E-state index contributed by atoms with van der Waals surface area (Å²) in [5.41, 5.74) is 0.871. The highest BCUT2D eigenvalue weighted by Gasteiger charge is 2.32. The molecule has 6 nitrogen and oxygen atoms in total. The molecular formula is C13H15BrN2O4. The Balaban J connectivity index is 2.34. The third-order valence-corrected chi connectivity index (χ3v) is 3.43. The van der Waals surface area contributed by atoms with Gasteiger partial charge in [0.15, 0.2) is 0 Å². The van der Waals surface area contributed by atoms with Crippen LogP contribution >= 0.6 is 15.9 Å². The van der Waals surface area contributed by atoms with E-state index in [0.29, 0.717) is 23.1 Å². The zero-order chi connectivity index (χ0) is 15.1. The number of anilines is 1. The van der Waals surface area contributed by atoms with Crippen LogP contribution in [0, 0.1) is 10.1 Å². The molecule has 0 N–H and O–H groups in total. The topological polar surface area (TPSA) is 72.7 Å². The molecule has 20 heavy (non-hydrogen) atoms. The number of hydrogen-bond acceptors (Lipinski definition) is 4. The Labute approximate surface area is 125 Å². The standard InChI is InChI=1S/C13H15BrN2O4/c1-13(2,3)20-12(17)15-5-4-8-6-9(16(18)19)7-10(14)11(8)15/h6-7H,4-5H2,1-3H3. The lowest BCUT2D eigenvalue weighted by atomic mass is 10.1. The average molecular weight is 343 g/mol. The minimum absolute atomic E-state index is 0.0154. The SMILES string of the molecule is CC(C)(C)OC(=O)N1CCc2cc([N+](=O)[O-])cc(Br)c21. The molecule has 0 spiro atoms. The van der Waals surface area contributed by atoms with Crippen LogP contribution in [0.1, 0.15) is 26.3 Å². The number of rotatable bonds is 1. The molecule has 0 fully saturated rings. The number of nitro groups is 1. The summed E-state index contributed by atoms with van der Waals surface area (Å²) < 4.78 is 5.88. The van der Waals surface area contributed by atoms with Crippen LogP contribution in [0.3, 0.4) is 0 Å². The molecule has 0 saturated carbocycles. The fraction of sp³-hybridized carbons (Fsp3) is 0.462. The quantitative estimate of drug-likeness (QED) is 0.576. The Morgan fingerprint density at radius 1 is 1.45 bits per heavy atom. The van der Waals surface area contributed by atoms with Crippen LogP contribution in [0.4, 0.5) is 16.2 Å². The van der Waals surface area contributed by atoms with Crippen molar-refractivity contribution in [1.82, 2.24) is 0 Å². The van der Waals surface area contributed by atoms with E-state index in [-0.39, 0.29) is 5.69 Å². The van der Waals surface area contributed by atoms with Gasteiger partial charge in [-0.25, -0.2) is 4.79 Å². The number of halogens is 1. The first-order chi connectivity index (χ1) is 9.19. The van der Waals surface area contributed by atoms with Crippen molar-refractivity contribution in [1.29, 1.82) is 0 Å². The van der Waals surface area contributed by atoms with Gasteiger partial charge in [0.1, 0.15) is 5.60 Å². The van der Waals surface area contributed by atoms with Gasteiger partial charge < -0.3 is 4.74 Å². The molecular weight excluding hydrogens is 328 g/mol. The number of benzene rings is 1. The molecule has 108 valence electrons. The van der Waals surface area contributed by atoms with E-state index in [1.165, 1.54) is 17.0 Å². The third kappa shape index (κ3) is 2.92. The van der Waals surface area contributed by atoms with Gasteiger partial charge in [-0.05, 0) is 48.7 Å². The van der Waals surface area contributed by atoms with E-state index in [4.69, 9.17) is 4.74 Å². The first-order valence-electron chi connectivity index (χ1n) is 6.16. The highest BCUT2D eigenvalue weighted by Crippen LogP contribution is 2.39. The van der Waals surface area contributed by atoms with Gasteiger partial charge in [0.25, 0.3) is 5.69 Å². The first kappa shape index (κ1) is 14.8. The van der Waals surface area contributed by atoms with Crippen molar-refractivity contribution in [2.24, 2.45) is 0 Å². The van der Waals surface area contributed by atoms with Crippen LogP contribution in [-0.2, 0) is 11.2 Å². The molecule has 0 saturated heterocycles. The van der Waals surface area contributed by atoms with E-state index in [2.05, 4.69) is 15.9 Å². The fourth-order valence-corrected chi connectivity index (χ4v) is 2.79.